The molecule has 0 saturated heterocycles. The second-order valence-electron chi connectivity index (χ2n) is 6.16. The van der Waals surface area contributed by atoms with Crippen molar-refractivity contribution in [1.82, 2.24) is 9.97 Å². The van der Waals surface area contributed by atoms with Crippen LogP contribution in [-0.4, -0.2) is 32.9 Å². The van der Waals surface area contributed by atoms with Crippen LogP contribution in [0.1, 0.15) is 41.7 Å². The van der Waals surface area contributed by atoms with E-state index in [4.69, 9.17) is 16.7 Å². The summed E-state index contributed by atoms with van der Waals surface area (Å²) >= 11 is 6.90. The van der Waals surface area contributed by atoms with Crippen molar-refractivity contribution in [2.45, 2.75) is 32.1 Å². The van der Waals surface area contributed by atoms with Gasteiger partial charge >= 0.3 is 12.0 Å². The molecule has 2 aromatic rings. The summed E-state index contributed by atoms with van der Waals surface area (Å²) in [6.07, 6.45) is 6.40. The number of halogens is 1. The lowest BCUT2D eigenvalue weighted by Gasteiger charge is -2.13. The van der Waals surface area contributed by atoms with Crippen molar-refractivity contribution in [2.24, 2.45) is 5.92 Å². The molecule has 27 heavy (non-hydrogen) atoms. The molecule has 2 amide bonds. The highest BCUT2D eigenvalue weighted by Crippen LogP contribution is 2.31. The van der Waals surface area contributed by atoms with E-state index in [2.05, 4.69) is 20.6 Å². The van der Waals surface area contributed by atoms with Gasteiger partial charge in [-0.3, -0.25) is 19.9 Å². The third-order valence-corrected chi connectivity index (χ3v) is 5.50. The molecule has 0 unspecified atom stereocenters. The predicted octanol–water partition coefficient (Wildman–Crippen LogP) is 3.84. The van der Waals surface area contributed by atoms with Crippen LogP contribution in [0.4, 0.5) is 15.6 Å². The number of carbonyl (C=O) groups is 3. The molecule has 1 saturated carbocycles. The maximum atomic E-state index is 12.7. The zero-order valence-electron chi connectivity index (χ0n) is 14.2. The van der Waals surface area contributed by atoms with Gasteiger partial charge in [0.05, 0.1) is 24.0 Å². The normalized spacial score (nSPS) is 14.1. The number of ketones is 1. The highest BCUT2D eigenvalue weighted by atomic mass is 35.5. The average Bonchev–Trinajstić information content (AvgIpc) is 3.25. The minimum Gasteiger partial charge on any atom is -0.481 e. The number of aromatic nitrogens is 2. The molecule has 1 aliphatic carbocycles. The standard InChI is InChI=1S/C17H17ClN4O4S/c18-15-11(7-13(23)24)21-17(27-15)22-16(26)20-12-8-19-6-5-10(12)14(25)9-3-1-2-4-9/h5-6,8-9H,1-4,7H2,(H,23,24)(H2,20,21,22,26). The van der Waals surface area contributed by atoms with Gasteiger partial charge in [0.15, 0.2) is 10.9 Å². The summed E-state index contributed by atoms with van der Waals surface area (Å²) < 4.78 is 0.200. The number of urea groups is 1. The molecule has 2 heterocycles. The number of hydrogen-bond acceptors (Lipinski definition) is 6. The summed E-state index contributed by atoms with van der Waals surface area (Å²) in [7, 11) is 0. The van der Waals surface area contributed by atoms with Crippen LogP contribution >= 0.6 is 22.9 Å². The monoisotopic (exact) mass is 408 g/mol. The van der Waals surface area contributed by atoms with Gasteiger partial charge in [0.1, 0.15) is 4.34 Å². The quantitative estimate of drug-likeness (QED) is 0.624. The molecule has 0 aliphatic heterocycles. The Morgan fingerprint density at radius 3 is 2.70 bits per heavy atom. The first-order valence-corrected chi connectivity index (χ1v) is 9.56. The maximum Gasteiger partial charge on any atom is 0.325 e. The Kier molecular flexibility index (Phi) is 6.02. The summed E-state index contributed by atoms with van der Waals surface area (Å²) in [6.45, 7) is 0. The smallest absolute Gasteiger partial charge is 0.325 e. The van der Waals surface area contributed by atoms with Crippen molar-refractivity contribution >= 4 is 51.5 Å². The molecular formula is C17H17ClN4O4S. The number of aliphatic carboxylic acids is 1. The fourth-order valence-electron chi connectivity index (χ4n) is 3.01. The van der Waals surface area contributed by atoms with E-state index in [1.165, 1.54) is 12.4 Å². The van der Waals surface area contributed by atoms with Crippen molar-refractivity contribution in [3.05, 3.63) is 34.1 Å². The minimum atomic E-state index is -1.07. The van der Waals surface area contributed by atoms with E-state index in [0.717, 1.165) is 37.0 Å². The van der Waals surface area contributed by atoms with Crippen LogP contribution in [0.5, 0.6) is 0 Å². The zero-order valence-corrected chi connectivity index (χ0v) is 15.8. The number of carboxylic acid groups (broad SMARTS) is 1. The van der Waals surface area contributed by atoms with Gasteiger partial charge in [-0.15, -0.1) is 0 Å². The number of carbonyl (C=O) groups excluding carboxylic acids is 2. The van der Waals surface area contributed by atoms with Crippen LogP contribution in [0.15, 0.2) is 18.5 Å². The molecule has 8 nitrogen and oxygen atoms in total. The van der Waals surface area contributed by atoms with Gasteiger partial charge in [-0.25, -0.2) is 9.78 Å². The lowest BCUT2D eigenvalue weighted by atomic mass is 9.96. The van der Waals surface area contributed by atoms with Crippen LogP contribution in [0.2, 0.25) is 4.34 Å². The third-order valence-electron chi connectivity index (χ3n) is 4.25. The molecule has 0 bridgehead atoms. The number of Topliss-reactive ketones (excluding diaryl/α,β-unsaturated/α-hetero) is 1. The molecule has 0 spiro atoms. The van der Waals surface area contributed by atoms with E-state index < -0.39 is 12.0 Å². The van der Waals surface area contributed by atoms with Gasteiger partial charge in [-0.1, -0.05) is 35.8 Å². The molecule has 3 N–H and O–H groups in total. The summed E-state index contributed by atoms with van der Waals surface area (Å²) in [5.41, 5.74) is 0.930. The first kappa shape index (κ1) is 19.2. The van der Waals surface area contributed by atoms with Gasteiger partial charge in [-0.05, 0) is 18.9 Å². The molecule has 10 heteroatoms. The Balaban J connectivity index is 1.69. The summed E-state index contributed by atoms with van der Waals surface area (Å²) in [5.74, 6) is -1.08. The number of anilines is 2. The SMILES string of the molecule is O=C(O)Cc1nc(NC(=O)Nc2cnccc2C(=O)C2CCCC2)sc1Cl. The van der Waals surface area contributed by atoms with E-state index >= 15 is 0 Å². The number of nitrogens with one attached hydrogen (secondary N) is 2. The van der Waals surface area contributed by atoms with Gasteiger partial charge < -0.3 is 10.4 Å². The first-order chi connectivity index (χ1) is 12.9. The van der Waals surface area contributed by atoms with E-state index in [9.17, 15) is 14.4 Å². The average molecular weight is 409 g/mol. The molecule has 0 aromatic carbocycles. The van der Waals surface area contributed by atoms with Crippen molar-refractivity contribution < 1.29 is 19.5 Å². The van der Waals surface area contributed by atoms with Crippen LogP contribution in [0, 0.1) is 5.92 Å². The van der Waals surface area contributed by atoms with Crippen LogP contribution in [0.3, 0.4) is 0 Å². The van der Waals surface area contributed by atoms with Crippen LogP contribution in [-0.2, 0) is 11.2 Å². The first-order valence-electron chi connectivity index (χ1n) is 8.37. The van der Waals surface area contributed by atoms with Crippen LogP contribution in [0.25, 0.3) is 0 Å². The van der Waals surface area contributed by atoms with E-state index in [1.807, 2.05) is 0 Å². The zero-order chi connectivity index (χ0) is 19.4. The molecule has 0 atom stereocenters. The molecule has 142 valence electrons. The predicted molar refractivity (Wildman–Crippen MR) is 102 cm³/mol. The number of hydrogen-bond donors (Lipinski definition) is 3. The highest BCUT2D eigenvalue weighted by molar-refractivity contribution is 7.19. The number of amides is 2. The second-order valence-corrected chi connectivity index (χ2v) is 7.76. The Morgan fingerprint density at radius 2 is 2.00 bits per heavy atom. The number of rotatable bonds is 6. The summed E-state index contributed by atoms with van der Waals surface area (Å²) in [6, 6.07) is 0.984. The molecule has 0 radical (unpaired) electrons. The summed E-state index contributed by atoms with van der Waals surface area (Å²) in [4.78, 5) is 43.7. The van der Waals surface area contributed by atoms with E-state index in [0.29, 0.717) is 11.3 Å². The fraction of sp³-hybridized carbons (Fsp3) is 0.353. The lowest BCUT2D eigenvalue weighted by molar-refractivity contribution is -0.136. The fourth-order valence-corrected chi connectivity index (χ4v) is 4.04. The Labute approximate surface area is 164 Å². The molecule has 3 rings (SSSR count). The number of nitrogens with zero attached hydrogens (tertiary/aromatic N) is 2. The molecule has 1 fully saturated rings. The molecule has 2 aromatic heterocycles. The Morgan fingerprint density at radius 1 is 1.26 bits per heavy atom. The number of thiazole rings is 1. The van der Waals surface area contributed by atoms with E-state index in [-0.39, 0.29) is 33.3 Å². The second kappa shape index (κ2) is 8.45. The lowest BCUT2D eigenvalue weighted by Crippen LogP contribution is -2.22. The van der Waals surface area contributed by atoms with Gasteiger partial charge in [-0.2, -0.15) is 0 Å². The third kappa shape index (κ3) is 4.81. The van der Waals surface area contributed by atoms with Crippen molar-refractivity contribution in [3.63, 3.8) is 0 Å². The Hall–Kier alpha value is -2.52. The van der Waals surface area contributed by atoms with Crippen molar-refractivity contribution in [1.29, 1.82) is 0 Å². The molecular weight excluding hydrogens is 392 g/mol. The largest absolute Gasteiger partial charge is 0.481 e. The van der Waals surface area contributed by atoms with Crippen molar-refractivity contribution in [2.75, 3.05) is 10.6 Å². The number of carboxylic acids is 1. The van der Waals surface area contributed by atoms with Gasteiger partial charge in [0, 0.05) is 17.7 Å². The maximum absolute atomic E-state index is 12.7. The van der Waals surface area contributed by atoms with Crippen LogP contribution < -0.4 is 10.6 Å². The van der Waals surface area contributed by atoms with E-state index in [1.54, 1.807) is 6.07 Å². The van der Waals surface area contributed by atoms with Gasteiger partial charge in [0.25, 0.3) is 0 Å². The van der Waals surface area contributed by atoms with Gasteiger partial charge in [0.2, 0.25) is 0 Å². The number of pyridine rings is 1. The van der Waals surface area contributed by atoms with Crippen molar-refractivity contribution in [3.8, 4) is 0 Å². The topological polar surface area (TPSA) is 121 Å². The summed E-state index contributed by atoms with van der Waals surface area (Å²) in [5, 5.41) is 14.1. The minimum absolute atomic E-state index is 0.00578. The molecule has 1 aliphatic rings. The highest BCUT2D eigenvalue weighted by Gasteiger charge is 2.26. The Bertz CT molecular complexity index is 880.